The third kappa shape index (κ3) is 6.39. The van der Waals surface area contributed by atoms with Gasteiger partial charge in [-0.15, -0.1) is 6.42 Å². The van der Waals surface area contributed by atoms with Crippen LogP contribution in [0.15, 0.2) is 63.5 Å². The molecule has 0 spiro atoms. The number of benzene rings is 2. The number of ether oxygens (including phenoxy) is 5. The summed E-state index contributed by atoms with van der Waals surface area (Å²) in [5, 5.41) is 0. The van der Waals surface area contributed by atoms with Crippen LogP contribution in [0.2, 0.25) is 0 Å². The van der Waals surface area contributed by atoms with Gasteiger partial charge in [-0.05, 0) is 50.6 Å². The second kappa shape index (κ2) is 13.7. The Kier molecular flexibility index (Phi) is 9.83. The third-order valence-electron chi connectivity index (χ3n) is 6.19. The van der Waals surface area contributed by atoms with Crippen LogP contribution in [0, 0.1) is 12.3 Å². The van der Waals surface area contributed by atoms with Gasteiger partial charge in [-0.3, -0.25) is 9.36 Å². The summed E-state index contributed by atoms with van der Waals surface area (Å²) in [6, 6.07) is 11.4. The summed E-state index contributed by atoms with van der Waals surface area (Å²) in [7, 11) is 1.27. The number of hydrogen-bond acceptors (Lipinski definition) is 10. The van der Waals surface area contributed by atoms with Crippen LogP contribution in [0.5, 0.6) is 17.2 Å². The molecule has 10 nitrogen and oxygen atoms in total. The summed E-state index contributed by atoms with van der Waals surface area (Å²) in [5.74, 6) is 2.47. The lowest BCUT2D eigenvalue weighted by Gasteiger charge is -2.25. The highest BCUT2D eigenvalue weighted by Crippen LogP contribution is 2.36. The first-order valence-corrected chi connectivity index (χ1v) is 14.0. The molecule has 1 aromatic heterocycles. The van der Waals surface area contributed by atoms with Crippen molar-refractivity contribution in [2.75, 3.05) is 33.5 Å². The Balaban J connectivity index is 1.90. The number of para-hydroxylation sites is 1. The minimum Gasteiger partial charge on any atom is -0.490 e. The summed E-state index contributed by atoms with van der Waals surface area (Å²) in [5.41, 5.74) is 1.52. The van der Waals surface area contributed by atoms with Crippen LogP contribution in [0.25, 0.3) is 6.08 Å². The fraction of sp³-hybridized carbons (Fsp3) is 0.290. The number of aromatic nitrogens is 1. The van der Waals surface area contributed by atoms with Gasteiger partial charge in [0.15, 0.2) is 22.9 Å². The maximum atomic E-state index is 14.0. The number of rotatable bonds is 11. The number of hydrogen-bond donors (Lipinski definition) is 0. The second-order valence-electron chi connectivity index (χ2n) is 8.84. The molecule has 1 aliphatic heterocycles. The van der Waals surface area contributed by atoms with E-state index in [2.05, 4.69) is 15.6 Å². The van der Waals surface area contributed by atoms with E-state index in [-0.39, 0.29) is 31.0 Å². The van der Waals surface area contributed by atoms with E-state index in [1.54, 1.807) is 51.1 Å². The van der Waals surface area contributed by atoms with Crippen molar-refractivity contribution in [3.63, 3.8) is 0 Å². The lowest BCUT2D eigenvalue weighted by molar-refractivity contribution is -0.143. The molecule has 0 aliphatic carbocycles. The number of fused-ring (bicyclic) bond motifs is 1. The Bertz CT molecular complexity index is 1750. The maximum Gasteiger partial charge on any atom is 0.343 e. The van der Waals surface area contributed by atoms with E-state index in [4.69, 9.17) is 25.4 Å². The lowest BCUT2D eigenvalue weighted by Crippen LogP contribution is -2.40. The molecule has 0 saturated heterocycles. The highest BCUT2D eigenvalue weighted by Gasteiger charge is 2.34. The molecule has 0 saturated carbocycles. The van der Waals surface area contributed by atoms with Gasteiger partial charge >= 0.3 is 11.9 Å². The normalized spacial score (nSPS) is 14.4. The van der Waals surface area contributed by atoms with Crippen LogP contribution in [0.1, 0.15) is 37.9 Å². The zero-order valence-corrected chi connectivity index (χ0v) is 24.5. The van der Waals surface area contributed by atoms with E-state index in [1.165, 1.54) is 23.0 Å². The number of carbonyl (C=O) groups is 2. The van der Waals surface area contributed by atoms with Crippen LogP contribution in [0.3, 0.4) is 0 Å². The molecule has 0 amide bonds. The monoisotopic (exact) mass is 590 g/mol. The molecular weight excluding hydrogens is 560 g/mol. The Morgan fingerprint density at radius 1 is 1.07 bits per heavy atom. The SMILES string of the molecule is C#CCOc1ccccc1/C=c1/sc2n(c1=O)[C@@H](c1ccc(OCC(=O)OC)c(OCC)c1)C(C(=O)OCC)=C(C)N=2. The molecule has 0 radical (unpaired) electrons. The van der Waals surface area contributed by atoms with Gasteiger partial charge in [0.05, 0.1) is 42.2 Å². The van der Waals surface area contributed by atoms with E-state index >= 15 is 0 Å². The molecule has 0 N–H and O–H groups in total. The summed E-state index contributed by atoms with van der Waals surface area (Å²) in [6.07, 6.45) is 7.07. The Hall–Kier alpha value is -4.82. The number of thiazole rings is 1. The molecule has 4 rings (SSSR count). The van der Waals surface area contributed by atoms with Crippen molar-refractivity contribution in [1.82, 2.24) is 4.57 Å². The highest BCUT2D eigenvalue weighted by molar-refractivity contribution is 7.07. The molecule has 0 fully saturated rings. The fourth-order valence-electron chi connectivity index (χ4n) is 4.38. The molecule has 2 aromatic carbocycles. The van der Waals surface area contributed by atoms with Crippen molar-refractivity contribution in [3.05, 3.63) is 84.5 Å². The van der Waals surface area contributed by atoms with Crippen LogP contribution < -0.4 is 29.1 Å². The number of esters is 2. The van der Waals surface area contributed by atoms with Gasteiger partial charge in [-0.25, -0.2) is 14.6 Å². The van der Waals surface area contributed by atoms with Gasteiger partial charge in [-0.2, -0.15) is 0 Å². The fourth-order valence-corrected chi connectivity index (χ4v) is 5.41. The van der Waals surface area contributed by atoms with Gasteiger partial charge in [0.25, 0.3) is 5.56 Å². The number of terminal acetylenes is 1. The van der Waals surface area contributed by atoms with E-state index in [0.29, 0.717) is 50.0 Å². The lowest BCUT2D eigenvalue weighted by atomic mass is 9.95. The number of allylic oxidation sites excluding steroid dienone is 1. The minimum absolute atomic E-state index is 0.0791. The van der Waals surface area contributed by atoms with Crippen molar-refractivity contribution in [2.24, 2.45) is 4.99 Å². The zero-order valence-electron chi connectivity index (χ0n) is 23.7. The average molecular weight is 591 g/mol. The Labute approximate surface area is 246 Å². The molecule has 0 unspecified atom stereocenters. The van der Waals surface area contributed by atoms with Gasteiger partial charge < -0.3 is 23.7 Å². The predicted molar refractivity (Wildman–Crippen MR) is 156 cm³/mol. The number of methoxy groups -OCH3 is 1. The number of carbonyl (C=O) groups excluding carboxylic acids is 2. The molecule has 1 aliphatic rings. The minimum atomic E-state index is -0.871. The van der Waals surface area contributed by atoms with Crippen LogP contribution in [-0.2, 0) is 19.1 Å². The van der Waals surface area contributed by atoms with Gasteiger partial charge in [-0.1, -0.05) is 41.5 Å². The van der Waals surface area contributed by atoms with Crippen molar-refractivity contribution in [2.45, 2.75) is 26.8 Å². The summed E-state index contributed by atoms with van der Waals surface area (Å²) < 4.78 is 29.0. The van der Waals surface area contributed by atoms with Crippen LogP contribution >= 0.6 is 11.3 Å². The molecular formula is C31H30N2O8S. The molecule has 0 bridgehead atoms. The van der Waals surface area contributed by atoms with E-state index in [0.717, 1.165) is 0 Å². The molecule has 42 heavy (non-hydrogen) atoms. The zero-order chi connectivity index (χ0) is 30.2. The third-order valence-corrected chi connectivity index (χ3v) is 7.17. The smallest absolute Gasteiger partial charge is 0.343 e. The van der Waals surface area contributed by atoms with Gasteiger partial charge in [0.2, 0.25) is 0 Å². The summed E-state index contributed by atoms with van der Waals surface area (Å²) in [6.45, 7) is 5.43. The van der Waals surface area contributed by atoms with E-state index in [1.807, 2.05) is 18.2 Å². The predicted octanol–water partition coefficient (Wildman–Crippen LogP) is 2.76. The maximum absolute atomic E-state index is 14.0. The quantitative estimate of drug-likeness (QED) is 0.248. The molecule has 218 valence electrons. The van der Waals surface area contributed by atoms with Gasteiger partial charge in [0.1, 0.15) is 12.4 Å². The first-order valence-electron chi connectivity index (χ1n) is 13.1. The van der Waals surface area contributed by atoms with Crippen molar-refractivity contribution in [3.8, 4) is 29.6 Å². The molecule has 2 heterocycles. The Morgan fingerprint density at radius 2 is 1.86 bits per heavy atom. The van der Waals surface area contributed by atoms with Crippen molar-refractivity contribution >= 4 is 29.4 Å². The first kappa shape index (κ1) is 30.1. The molecule has 11 heteroatoms. The topological polar surface area (TPSA) is 115 Å². The largest absolute Gasteiger partial charge is 0.490 e. The second-order valence-corrected chi connectivity index (χ2v) is 9.85. The standard InChI is InChI=1S/C31H30N2O8S/c1-6-15-40-22-12-10-9-11-20(22)17-25-29(35)33-28(27(30(36)39-8-3)19(4)32-31(33)42-25)21-13-14-23(24(16-21)38-7-2)41-18-26(34)37-5/h1,9-14,16-17,28H,7-8,15,18H2,2-5H3/b25-17+/t28-/m0/s1. The number of nitrogens with zero attached hydrogens (tertiary/aromatic N) is 2. The van der Waals surface area contributed by atoms with Crippen LogP contribution in [0.4, 0.5) is 0 Å². The summed E-state index contributed by atoms with van der Waals surface area (Å²) >= 11 is 1.19. The van der Waals surface area contributed by atoms with E-state index in [9.17, 15) is 14.4 Å². The highest BCUT2D eigenvalue weighted by atomic mass is 32.1. The van der Waals surface area contributed by atoms with E-state index < -0.39 is 18.0 Å². The average Bonchev–Trinajstić information content (AvgIpc) is 3.29. The molecule has 1 atom stereocenters. The first-order chi connectivity index (χ1) is 20.3. The molecule has 3 aromatic rings. The van der Waals surface area contributed by atoms with Gasteiger partial charge in [0, 0.05) is 5.56 Å². The summed E-state index contributed by atoms with van der Waals surface area (Å²) in [4.78, 5) is 43.9. The van der Waals surface area contributed by atoms with Crippen molar-refractivity contribution in [1.29, 1.82) is 0 Å². The Morgan fingerprint density at radius 3 is 2.57 bits per heavy atom. The van der Waals surface area contributed by atoms with Crippen LogP contribution in [-0.4, -0.2) is 50.0 Å². The van der Waals surface area contributed by atoms with Crippen molar-refractivity contribution < 1.29 is 33.3 Å².